The molecule has 1 unspecified atom stereocenters. The van der Waals surface area contributed by atoms with Crippen LogP contribution in [0.1, 0.15) is 17.2 Å². The van der Waals surface area contributed by atoms with Gasteiger partial charge in [0.25, 0.3) is 0 Å². The van der Waals surface area contributed by atoms with Crippen LogP contribution in [0, 0.1) is 0 Å². The molecular formula is C14H15O6P. The zero-order chi connectivity index (χ0) is 15.5. The van der Waals surface area contributed by atoms with Crippen LogP contribution in [0.15, 0.2) is 53.1 Å². The highest BCUT2D eigenvalue weighted by Crippen LogP contribution is 2.58. The lowest BCUT2D eigenvalue weighted by molar-refractivity contribution is -0.136. The maximum atomic E-state index is 12.5. The first kappa shape index (κ1) is 15.5. The smallest absolute Gasteiger partial charge is 0.316 e. The van der Waals surface area contributed by atoms with Crippen molar-refractivity contribution >= 4 is 13.3 Å². The molecule has 1 heterocycles. The highest BCUT2D eigenvalue weighted by Gasteiger charge is 2.44. The van der Waals surface area contributed by atoms with Crippen molar-refractivity contribution in [3.63, 3.8) is 0 Å². The standard InChI is InChI=1S/C14H15O6P/c15-13(16)12(9-11-7-4-8-20-11)21(18,19)14(17)10-5-2-1-3-6-10/h1-8,12,14,17H,9H2,(H,15,16)(H,18,19)/t12-,14-/m0/s1. The third-order valence-corrected chi connectivity index (χ3v) is 5.45. The monoisotopic (exact) mass is 310 g/mol. The van der Waals surface area contributed by atoms with Gasteiger partial charge in [-0.2, -0.15) is 0 Å². The third-order valence-electron chi connectivity index (χ3n) is 3.15. The molecular weight excluding hydrogens is 295 g/mol. The van der Waals surface area contributed by atoms with Crippen LogP contribution >= 0.6 is 7.37 Å². The summed E-state index contributed by atoms with van der Waals surface area (Å²) in [6.45, 7) is 0. The van der Waals surface area contributed by atoms with Gasteiger partial charge in [-0.1, -0.05) is 30.3 Å². The topological polar surface area (TPSA) is 108 Å². The summed E-state index contributed by atoms with van der Waals surface area (Å²) < 4.78 is 17.5. The van der Waals surface area contributed by atoms with Gasteiger partial charge in [-0.25, -0.2) is 0 Å². The average molecular weight is 310 g/mol. The second-order valence-corrected chi connectivity index (χ2v) is 7.05. The minimum absolute atomic E-state index is 0.203. The molecule has 21 heavy (non-hydrogen) atoms. The van der Waals surface area contributed by atoms with Gasteiger partial charge in [-0.15, -0.1) is 0 Å². The number of carboxylic acids is 1. The van der Waals surface area contributed by atoms with Crippen LogP contribution in [-0.2, 0) is 15.8 Å². The summed E-state index contributed by atoms with van der Waals surface area (Å²) in [4.78, 5) is 21.5. The molecule has 0 spiro atoms. The van der Waals surface area contributed by atoms with Gasteiger partial charge in [-0.3, -0.25) is 9.36 Å². The summed E-state index contributed by atoms with van der Waals surface area (Å²) in [7, 11) is -4.42. The van der Waals surface area contributed by atoms with E-state index in [0.29, 0.717) is 0 Å². The largest absolute Gasteiger partial charge is 0.481 e. The van der Waals surface area contributed by atoms with Crippen LogP contribution in [0.2, 0.25) is 0 Å². The molecule has 0 saturated heterocycles. The zero-order valence-corrected chi connectivity index (χ0v) is 11.9. The van der Waals surface area contributed by atoms with Gasteiger partial charge in [0.05, 0.1) is 6.26 Å². The van der Waals surface area contributed by atoms with E-state index in [0.717, 1.165) is 0 Å². The Morgan fingerprint density at radius 3 is 2.38 bits per heavy atom. The van der Waals surface area contributed by atoms with Crippen molar-refractivity contribution in [2.75, 3.05) is 0 Å². The maximum Gasteiger partial charge on any atom is 0.316 e. The molecule has 0 aliphatic rings. The van der Waals surface area contributed by atoms with E-state index in [2.05, 4.69) is 0 Å². The molecule has 0 fully saturated rings. The normalized spacial score (nSPS) is 16.9. The van der Waals surface area contributed by atoms with Gasteiger partial charge in [0.1, 0.15) is 11.4 Å². The van der Waals surface area contributed by atoms with Crippen molar-refractivity contribution in [2.45, 2.75) is 17.9 Å². The highest BCUT2D eigenvalue weighted by atomic mass is 31.2. The fourth-order valence-electron chi connectivity index (χ4n) is 2.00. The molecule has 0 aliphatic heterocycles. The van der Waals surface area contributed by atoms with Gasteiger partial charge in [0.15, 0.2) is 5.85 Å². The van der Waals surface area contributed by atoms with Crippen LogP contribution in [-0.4, -0.2) is 26.7 Å². The molecule has 0 amide bonds. The van der Waals surface area contributed by atoms with Crippen molar-refractivity contribution in [1.29, 1.82) is 0 Å². The Morgan fingerprint density at radius 2 is 1.86 bits per heavy atom. The number of furan rings is 1. The molecule has 1 aromatic heterocycles. The van der Waals surface area contributed by atoms with Crippen molar-refractivity contribution in [1.82, 2.24) is 0 Å². The quantitative estimate of drug-likeness (QED) is 0.706. The minimum atomic E-state index is -4.42. The molecule has 2 aromatic rings. The van der Waals surface area contributed by atoms with Crippen LogP contribution in [0.25, 0.3) is 0 Å². The van der Waals surface area contributed by atoms with E-state index in [1.807, 2.05) is 0 Å². The van der Waals surface area contributed by atoms with E-state index in [1.54, 1.807) is 24.3 Å². The fourth-order valence-corrected chi connectivity index (χ4v) is 3.70. The lowest BCUT2D eigenvalue weighted by Gasteiger charge is -2.23. The second-order valence-electron chi connectivity index (χ2n) is 4.59. The first-order chi connectivity index (χ1) is 9.93. The van der Waals surface area contributed by atoms with Gasteiger partial charge < -0.3 is 19.5 Å². The molecule has 2 rings (SSSR count). The Bertz CT molecular complexity index is 637. The van der Waals surface area contributed by atoms with E-state index >= 15 is 0 Å². The van der Waals surface area contributed by atoms with Crippen molar-refractivity contribution in [3.8, 4) is 0 Å². The Morgan fingerprint density at radius 1 is 1.19 bits per heavy atom. The van der Waals surface area contributed by atoms with Crippen molar-refractivity contribution in [3.05, 3.63) is 60.1 Å². The van der Waals surface area contributed by atoms with Crippen LogP contribution in [0.5, 0.6) is 0 Å². The molecule has 3 N–H and O–H groups in total. The predicted octanol–water partition coefficient (Wildman–Crippen LogP) is 2.24. The Kier molecular flexibility index (Phi) is 4.63. The van der Waals surface area contributed by atoms with Crippen LogP contribution in [0.3, 0.4) is 0 Å². The molecule has 3 atom stereocenters. The summed E-state index contributed by atoms with van der Waals surface area (Å²) in [5.74, 6) is -2.93. The van der Waals surface area contributed by atoms with Gasteiger partial charge in [0.2, 0.25) is 7.37 Å². The van der Waals surface area contributed by atoms with Crippen LogP contribution < -0.4 is 0 Å². The molecule has 6 nitrogen and oxygen atoms in total. The highest BCUT2D eigenvalue weighted by molar-refractivity contribution is 7.59. The molecule has 0 aliphatic carbocycles. The number of aliphatic hydroxyl groups excluding tert-OH is 1. The molecule has 0 bridgehead atoms. The first-order valence-corrected chi connectivity index (χ1v) is 8.03. The second kappa shape index (κ2) is 6.26. The summed E-state index contributed by atoms with van der Waals surface area (Å²) in [5, 5.41) is 19.3. The number of carboxylic acid groups (broad SMARTS) is 1. The average Bonchev–Trinajstić information content (AvgIpc) is 2.97. The van der Waals surface area contributed by atoms with Crippen molar-refractivity contribution < 1.29 is 28.9 Å². The molecule has 0 radical (unpaired) electrons. The van der Waals surface area contributed by atoms with E-state index in [9.17, 15) is 24.5 Å². The summed E-state index contributed by atoms with van der Waals surface area (Å²) in [5.41, 5.74) is -1.44. The van der Waals surface area contributed by atoms with Crippen molar-refractivity contribution in [2.24, 2.45) is 0 Å². The van der Waals surface area contributed by atoms with Crippen LogP contribution in [0.4, 0.5) is 0 Å². The van der Waals surface area contributed by atoms with Gasteiger partial charge in [0, 0.05) is 6.42 Å². The van der Waals surface area contributed by atoms with Gasteiger partial charge in [-0.05, 0) is 17.7 Å². The first-order valence-electron chi connectivity index (χ1n) is 6.23. The zero-order valence-electron chi connectivity index (χ0n) is 11.0. The number of hydrogen-bond donors (Lipinski definition) is 3. The lowest BCUT2D eigenvalue weighted by atomic mass is 10.2. The summed E-state index contributed by atoms with van der Waals surface area (Å²) in [6.07, 6.45) is 1.09. The van der Waals surface area contributed by atoms with E-state index in [4.69, 9.17) is 4.42 Å². The molecule has 0 saturated carbocycles. The lowest BCUT2D eigenvalue weighted by Crippen LogP contribution is -2.25. The number of hydrogen-bond acceptors (Lipinski definition) is 4. The van der Waals surface area contributed by atoms with E-state index in [1.165, 1.54) is 24.5 Å². The number of benzene rings is 1. The molecule has 7 heteroatoms. The van der Waals surface area contributed by atoms with E-state index < -0.39 is 24.8 Å². The predicted molar refractivity (Wildman–Crippen MR) is 75.1 cm³/mol. The Hall–Kier alpha value is -1.88. The number of carbonyl (C=O) groups is 1. The van der Waals surface area contributed by atoms with Gasteiger partial charge >= 0.3 is 5.97 Å². The maximum absolute atomic E-state index is 12.5. The van der Waals surface area contributed by atoms with E-state index in [-0.39, 0.29) is 17.7 Å². The Labute approximate surface area is 121 Å². The Balaban J connectivity index is 2.29. The molecule has 1 aromatic carbocycles. The number of aliphatic hydroxyl groups is 1. The number of aliphatic carboxylic acids is 1. The summed E-state index contributed by atoms with van der Waals surface area (Å²) >= 11 is 0. The molecule has 112 valence electrons. The summed E-state index contributed by atoms with van der Waals surface area (Å²) in [6, 6.07) is 10.9. The minimum Gasteiger partial charge on any atom is -0.481 e. The number of rotatable bonds is 6. The third kappa shape index (κ3) is 3.42. The fraction of sp³-hybridized carbons (Fsp3) is 0.214. The SMILES string of the molecule is O=C(O)[C@H](Cc1ccco1)P(=O)(O)[C@H](O)c1ccccc1.